The van der Waals surface area contributed by atoms with Crippen LogP contribution in [0.5, 0.6) is 0 Å². The lowest BCUT2D eigenvalue weighted by Crippen LogP contribution is -2.50. The molecule has 0 unspecified atom stereocenters. The summed E-state index contributed by atoms with van der Waals surface area (Å²) in [7, 11) is 0. The van der Waals surface area contributed by atoms with Crippen molar-refractivity contribution < 1.29 is 9.84 Å². The first-order chi connectivity index (χ1) is 15.9. The summed E-state index contributed by atoms with van der Waals surface area (Å²) in [5, 5.41) is 14.8. The van der Waals surface area contributed by atoms with Crippen LogP contribution in [0.25, 0.3) is 0 Å². The molecule has 33 heavy (non-hydrogen) atoms. The number of aromatic nitrogens is 3. The van der Waals surface area contributed by atoms with E-state index in [1.807, 2.05) is 13.0 Å². The zero-order valence-corrected chi connectivity index (χ0v) is 22.2. The third-order valence-corrected chi connectivity index (χ3v) is 9.55. The number of pyridine rings is 1. The van der Waals surface area contributed by atoms with E-state index >= 15 is 0 Å². The van der Waals surface area contributed by atoms with Crippen molar-refractivity contribution in [1.82, 2.24) is 15.0 Å². The van der Waals surface area contributed by atoms with E-state index in [9.17, 15) is 5.11 Å². The van der Waals surface area contributed by atoms with Crippen LogP contribution < -0.4 is 16.0 Å². The molecule has 2 aromatic heterocycles. The Balaban J connectivity index is 1.34. The second-order valence-corrected chi connectivity index (χ2v) is 11.7. The maximum atomic E-state index is 10.1. The van der Waals surface area contributed by atoms with Gasteiger partial charge in [0.15, 0.2) is 5.82 Å². The van der Waals surface area contributed by atoms with Crippen LogP contribution in [0.15, 0.2) is 22.2 Å². The van der Waals surface area contributed by atoms with E-state index in [4.69, 9.17) is 32.0 Å². The average molecular weight is 603 g/mol. The third-order valence-electron chi connectivity index (χ3n) is 6.78. The Morgan fingerprint density at radius 1 is 1.36 bits per heavy atom. The molecule has 8 nitrogen and oxygen atoms in total. The molecule has 4 N–H and O–H groups in total. The molecule has 5 rings (SSSR count). The summed E-state index contributed by atoms with van der Waals surface area (Å²) in [5.74, 6) is 1.46. The van der Waals surface area contributed by atoms with Gasteiger partial charge in [-0.05, 0) is 61.3 Å². The van der Waals surface area contributed by atoms with Gasteiger partial charge in [0.25, 0.3) is 0 Å². The first-order valence-corrected chi connectivity index (χ1v) is 13.7. The number of alkyl halides is 1. The highest BCUT2D eigenvalue weighted by molar-refractivity contribution is 14.1. The minimum Gasteiger partial charge on any atom is -0.390 e. The molecule has 178 valence electrons. The molecule has 0 amide bonds. The van der Waals surface area contributed by atoms with Gasteiger partial charge in [-0.3, -0.25) is 0 Å². The molecule has 1 saturated carbocycles. The quantitative estimate of drug-likeness (QED) is 0.336. The predicted molar refractivity (Wildman–Crippen MR) is 138 cm³/mol. The standard InChI is InChI=1S/C22H28ClIN6O2S/c1-12-21(33-15-4-7-26-19(16(15)23)28-13-2-3-13)29-14(10-31)20(27-12)30-8-5-22(6-9-30)11-32-18(24)17(22)25/h4,7,13,17-18,31H,2-3,5-6,8-11,25H2,1H3,(H,26,28)/t17-,18-/m1/s1. The van der Waals surface area contributed by atoms with Gasteiger partial charge in [0.1, 0.15) is 20.6 Å². The minimum absolute atomic E-state index is 0.0320. The van der Waals surface area contributed by atoms with Crippen LogP contribution in [0, 0.1) is 12.3 Å². The fourth-order valence-corrected chi connectivity index (χ4v) is 6.57. The minimum atomic E-state index is -0.172. The second-order valence-electron chi connectivity index (χ2n) is 9.07. The van der Waals surface area contributed by atoms with E-state index in [1.54, 1.807) is 6.20 Å². The number of aryl methyl sites for hydroxylation is 1. The Morgan fingerprint density at radius 2 is 2.12 bits per heavy atom. The Bertz CT molecular complexity index is 1030. The fraction of sp³-hybridized carbons (Fsp3) is 0.591. The highest BCUT2D eigenvalue weighted by Crippen LogP contribution is 2.44. The van der Waals surface area contributed by atoms with Gasteiger partial charge in [-0.1, -0.05) is 23.4 Å². The summed E-state index contributed by atoms with van der Waals surface area (Å²) < 4.78 is 5.90. The fourth-order valence-electron chi connectivity index (χ4n) is 4.48. The zero-order valence-electron chi connectivity index (χ0n) is 18.4. The number of nitrogens with zero attached hydrogens (tertiary/aromatic N) is 4. The van der Waals surface area contributed by atoms with Crippen LogP contribution in [0.3, 0.4) is 0 Å². The number of halogens is 2. The molecule has 3 fully saturated rings. The molecule has 2 atom stereocenters. The SMILES string of the molecule is Cc1nc(N2CCC3(CC2)CO[C@@H](I)[C@H]3N)c(CO)nc1Sc1ccnc(NC2CC2)c1Cl. The van der Waals surface area contributed by atoms with Crippen molar-refractivity contribution >= 4 is 57.6 Å². The van der Waals surface area contributed by atoms with Crippen molar-refractivity contribution in [3.05, 3.63) is 28.7 Å². The summed E-state index contributed by atoms with van der Waals surface area (Å²) in [6.07, 6.45) is 5.94. The molecule has 1 aliphatic carbocycles. The van der Waals surface area contributed by atoms with E-state index in [0.29, 0.717) is 29.2 Å². The van der Waals surface area contributed by atoms with E-state index in [1.165, 1.54) is 11.8 Å². The Morgan fingerprint density at radius 3 is 2.76 bits per heavy atom. The lowest BCUT2D eigenvalue weighted by molar-refractivity contribution is 0.127. The van der Waals surface area contributed by atoms with Gasteiger partial charge in [0.2, 0.25) is 0 Å². The summed E-state index contributed by atoms with van der Waals surface area (Å²) in [4.78, 5) is 17.1. The van der Waals surface area contributed by atoms with Crippen molar-refractivity contribution in [2.45, 2.75) is 65.3 Å². The number of ether oxygens (including phenoxy) is 1. The maximum Gasteiger partial charge on any atom is 0.153 e. The van der Waals surface area contributed by atoms with Crippen molar-refractivity contribution in [3.8, 4) is 0 Å². The highest BCUT2D eigenvalue weighted by Gasteiger charge is 2.48. The van der Waals surface area contributed by atoms with Crippen LogP contribution in [0.4, 0.5) is 11.6 Å². The van der Waals surface area contributed by atoms with Crippen LogP contribution in [-0.4, -0.2) is 55.9 Å². The molecule has 2 aliphatic heterocycles. The Kier molecular flexibility index (Phi) is 6.94. The average Bonchev–Trinajstić information content (AvgIpc) is 3.60. The molecular formula is C22H28ClIN6O2S. The molecule has 0 bridgehead atoms. The number of piperidine rings is 1. The Labute approximate surface area is 216 Å². The van der Waals surface area contributed by atoms with E-state index in [-0.39, 0.29) is 22.2 Å². The molecule has 1 spiro atoms. The summed E-state index contributed by atoms with van der Waals surface area (Å²) >= 11 is 10.4. The van der Waals surface area contributed by atoms with Gasteiger partial charge in [-0.25, -0.2) is 15.0 Å². The van der Waals surface area contributed by atoms with Gasteiger partial charge < -0.3 is 25.8 Å². The van der Waals surface area contributed by atoms with Gasteiger partial charge in [-0.2, -0.15) is 0 Å². The first-order valence-electron chi connectivity index (χ1n) is 11.2. The lowest BCUT2D eigenvalue weighted by Gasteiger charge is -2.41. The van der Waals surface area contributed by atoms with Crippen molar-refractivity contribution in [2.24, 2.45) is 11.1 Å². The Hall–Kier alpha value is -0.920. The highest BCUT2D eigenvalue weighted by atomic mass is 127. The maximum absolute atomic E-state index is 10.1. The third kappa shape index (κ3) is 4.79. The molecule has 2 aromatic rings. The van der Waals surface area contributed by atoms with Gasteiger partial charge >= 0.3 is 0 Å². The number of nitrogens with two attached hydrogens (primary N) is 1. The largest absolute Gasteiger partial charge is 0.390 e. The summed E-state index contributed by atoms with van der Waals surface area (Å²) in [6, 6.07) is 2.40. The predicted octanol–water partition coefficient (Wildman–Crippen LogP) is 3.76. The lowest BCUT2D eigenvalue weighted by atomic mass is 9.75. The van der Waals surface area contributed by atoms with Crippen LogP contribution in [0.2, 0.25) is 5.02 Å². The number of hydrogen-bond acceptors (Lipinski definition) is 9. The van der Waals surface area contributed by atoms with Crippen LogP contribution in [-0.2, 0) is 11.3 Å². The van der Waals surface area contributed by atoms with Crippen molar-refractivity contribution in [3.63, 3.8) is 0 Å². The number of anilines is 2. The van der Waals surface area contributed by atoms with Crippen LogP contribution >= 0.6 is 46.0 Å². The number of nitrogens with one attached hydrogen (secondary N) is 1. The monoisotopic (exact) mass is 602 g/mol. The molecule has 2 saturated heterocycles. The smallest absolute Gasteiger partial charge is 0.153 e. The molecule has 11 heteroatoms. The van der Waals surface area contributed by atoms with E-state index < -0.39 is 0 Å². The summed E-state index contributed by atoms with van der Waals surface area (Å²) in [6.45, 7) is 4.13. The number of hydrogen-bond donors (Lipinski definition) is 3. The van der Waals surface area contributed by atoms with Gasteiger partial charge in [0, 0.05) is 41.7 Å². The van der Waals surface area contributed by atoms with Crippen molar-refractivity contribution in [1.29, 1.82) is 0 Å². The number of aliphatic hydroxyl groups is 1. The zero-order chi connectivity index (χ0) is 23.2. The topological polar surface area (TPSA) is 109 Å². The molecule has 3 aliphatic rings. The van der Waals surface area contributed by atoms with Gasteiger partial charge in [-0.15, -0.1) is 0 Å². The van der Waals surface area contributed by atoms with Crippen molar-refractivity contribution in [2.75, 3.05) is 29.9 Å². The first kappa shape index (κ1) is 23.8. The molecule has 4 heterocycles. The molecule has 0 radical (unpaired) electrons. The number of rotatable bonds is 6. The normalized spacial score (nSPS) is 24.5. The molecular weight excluding hydrogens is 575 g/mol. The van der Waals surface area contributed by atoms with E-state index in [2.05, 4.69) is 37.8 Å². The molecule has 0 aromatic carbocycles. The second kappa shape index (κ2) is 9.62. The van der Waals surface area contributed by atoms with Gasteiger partial charge in [0.05, 0.1) is 23.9 Å². The van der Waals surface area contributed by atoms with E-state index in [0.717, 1.165) is 60.2 Å². The summed E-state index contributed by atoms with van der Waals surface area (Å²) in [5.41, 5.74) is 7.88. The van der Waals surface area contributed by atoms with Crippen LogP contribution in [0.1, 0.15) is 37.1 Å². The number of aliphatic hydroxyl groups excluding tert-OH is 1.